The minimum atomic E-state index is -0.400. The van der Waals surface area contributed by atoms with Gasteiger partial charge in [0.05, 0.1) is 26.7 Å². The topological polar surface area (TPSA) is 89.5 Å². The lowest BCUT2D eigenvalue weighted by Gasteiger charge is -2.11. The van der Waals surface area contributed by atoms with Gasteiger partial charge >= 0.3 is 5.69 Å². The molecule has 0 unspecified atom stereocenters. The summed E-state index contributed by atoms with van der Waals surface area (Å²) in [5, 5.41) is 0. The Morgan fingerprint density at radius 2 is 1.74 bits per heavy atom. The quantitative estimate of drug-likeness (QED) is 0.535. The van der Waals surface area contributed by atoms with Crippen molar-refractivity contribution in [1.82, 2.24) is 18.7 Å². The molecule has 0 aliphatic carbocycles. The molecule has 2 aromatic heterocycles. The van der Waals surface area contributed by atoms with E-state index in [0.717, 1.165) is 4.57 Å². The first kappa shape index (κ1) is 18.7. The first-order chi connectivity index (χ1) is 13.0. The van der Waals surface area contributed by atoms with Crippen molar-refractivity contribution in [2.45, 2.75) is 6.54 Å². The summed E-state index contributed by atoms with van der Waals surface area (Å²) in [4.78, 5) is 28.5. The number of ether oxygens (including phenoxy) is 3. The highest BCUT2D eigenvalue weighted by molar-refractivity contribution is 5.69. The van der Waals surface area contributed by atoms with Crippen LogP contribution in [0.25, 0.3) is 11.2 Å². The number of nitrogens with zero attached hydrogens (tertiary/aromatic N) is 4. The molecule has 0 spiro atoms. The molecule has 0 saturated heterocycles. The molecular weight excluding hydrogens is 352 g/mol. The van der Waals surface area contributed by atoms with E-state index >= 15 is 0 Å². The molecule has 1 aromatic carbocycles. The van der Waals surface area contributed by atoms with Crippen LogP contribution in [0.3, 0.4) is 0 Å². The Balaban J connectivity index is 1.56. The van der Waals surface area contributed by atoms with Gasteiger partial charge in [-0.05, 0) is 12.1 Å². The summed E-state index contributed by atoms with van der Waals surface area (Å²) in [6, 6.07) is 7.40. The van der Waals surface area contributed by atoms with Crippen molar-refractivity contribution in [2.24, 2.45) is 14.1 Å². The normalized spacial score (nSPS) is 11.1. The van der Waals surface area contributed by atoms with Gasteiger partial charge in [-0.3, -0.25) is 13.9 Å². The van der Waals surface area contributed by atoms with E-state index in [1.807, 2.05) is 24.3 Å². The minimum Gasteiger partial charge on any atom is -0.493 e. The van der Waals surface area contributed by atoms with E-state index in [-0.39, 0.29) is 5.56 Å². The Morgan fingerprint density at radius 3 is 2.48 bits per heavy atom. The number of aromatic nitrogens is 4. The molecule has 27 heavy (non-hydrogen) atoms. The summed E-state index contributed by atoms with van der Waals surface area (Å²) in [5.74, 6) is 1.33. The Labute approximate surface area is 155 Å². The van der Waals surface area contributed by atoms with Crippen LogP contribution in [0.5, 0.6) is 11.5 Å². The second kappa shape index (κ2) is 8.09. The number of rotatable bonds is 8. The second-order valence-electron chi connectivity index (χ2n) is 5.93. The van der Waals surface area contributed by atoms with Crippen LogP contribution in [0.4, 0.5) is 0 Å². The highest BCUT2D eigenvalue weighted by Crippen LogP contribution is 2.25. The third-order valence-electron chi connectivity index (χ3n) is 4.25. The first-order valence-electron chi connectivity index (χ1n) is 8.49. The zero-order valence-electron chi connectivity index (χ0n) is 15.5. The zero-order valence-corrected chi connectivity index (χ0v) is 15.5. The predicted molar refractivity (Wildman–Crippen MR) is 99.5 cm³/mol. The number of fused-ring (bicyclic) bond motifs is 1. The van der Waals surface area contributed by atoms with Crippen molar-refractivity contribution in [3.8, 4) is 11.5 Å². The standard InChI is InChI=1S/C18H22N4O5/c1-20-16-15(17(23)21(2)18(20)24)22(12-19-16)8-9-26-10-11-27-14-7-5-4-6-13(14)25-3/h4-7,12H,8-11H2,1-3H3. The predicted octanol–water partition coefficient (Wildman–Crippen LogP) is 0.538. The molecule has 144 valence electrons. The van der Waals surface area contributed by atoms with Gasteiger partial charge in [-0.15, -0.1) is 0 Å². The highest BCUT2D eigenvalue weighted by Gasteiger charge is 2.13. The fraction of sp³-hybridized carbons (Fsp3) is 0.389. The van der Waals surface area contributed by atoms with Gasteiger partial charge in [-0.25, -0.2) is 9.78 Å². The number of methoxy groups -OCH3 is 1. The Bertz CT molecular complexity index is 1050. The average molecular weight is 374 g/mol. The lowest BCUT2D eigenvalue weighted by Crippen LogP contribution is -2.37. The largest absolute Gasteiger partial charge is 0.493 e. The zero-order chi connectivity index (χ0) is 19.4. The molecule has 2 heterocycles. The fourth-order valence-electron chi connectivity index (χ4n) is 2.78. The van der Waals surface area contributed by atoms with Crippen molar-refractivity contribution in [1.29, 1.82) is 0 Å². The van der Waals surface area contributed by atoms with Crippen LogP contribution in [0.2, 0.25) is 0 Å². The van der Waals surface area contributed by atoms with Crippen LogP contribution in [0.1, 0.15) is 0 Å². The molecule has 9 nitrogen and oxygen atoms in total. The van der Waals surface area contributed by atoms with Crippen LogP contribution < -0.4 is 20.7 Å². The average Bonchev–Trinajstić information content (AvgIpc) is 3.11. The van der Waals surface area contributed by atoms with Gasteiger partial charge in [0.25, 0.3) is 5.56 Å². The van der Waals surface area contributed by atoms with Crippen molar-refractivity contribution >= 4 is 11.2 Å². The summed E-state index contributed by atoms with van der Waals surface area (Å²) < 4.78 is 20.6. The number of aryl methyl sites for hydroxylation is 1. The Hall–Kier alpha value is -3.07. The van der Waals surface area contributed by atoms with Crippen LogP contribution in [0, 0.1) is 0 Å². The summed E-state index contributed by atoms with van der Waals surface area (Å²) in [6.45, 7) is 1.59. The molecule has 0 saturated carbocycles. The van der Waals surface area contributed by atoms with Gasteiger partial charge in [0.1, 0.15) is 6.61 Å². The maximum absolute atomic E-state index is 12.4. The van der Waals surface area contributed by atoms with Gasteiger partial charge in [-0.1, -0.05) is 12.1 Å². The van der Waals surface area contributed by atoms with E-state index in [2.05, 4.69) is 4.98 Å². The molecular formula is C18H22N4O5. The second-order valence-corrected chi connectivity index (χ2v) is 5.93. The maximum Gasteiger partial charge on any atom is 0.332 e. The van der Waals surface area contributed by atoms with Crippen molar-refractivity contribution in [2.75, 3.05) is 26.9 Å². The number of para-hydroxylation sites is 2. The molecule has 0 fully saturated rings. The smallest absolute Gasteiger partial charge is 0.332 e. The molecule has 9 heteroatoms. The SMILES string of the molecule is COc1ccccc1OCCOCCn1cnc2c1c(=O)n(C)c(=O)n2C. The van der Waals surface area contributed by atoms with Gasteiger partial charge < -0.3 is 18.8 Å². The van der Waals surface area contributed by atoms with E-state index in [1.54, 1.807) is 25.1 Å². The van der Waals surface area contributed by atoms with Gasteiger partial charge in [-0.2, -0.15) is 0 Å². The van der Waals surface area contributed by atoms with Crippen LogP contribution >= 0.6 is 0 Å². The molecule has 3 rings (SSSR count). The van der Waals surface area contributed by atoms with E-state index < -0.39 is 5.69 Å². The summed E-state index contributed by atoms with van der Waals surface area (Å²) in [7, 11) is 4.63. The van der Waals surface area contributed by atoms with Crippen molar-refractivity contribution < 1.29 is 14.2 Å². The van der Waals surface area contributed by atoms with Gasteiger partial charge in [0, 0.05) is 20.6 Å². The first-order valence-corrected chi connectivity index (χ1v) is 8.49. The minimum absolute atomic E-state index is 0.364. The monoisotopic (exact) mass is 374 g/mol. The number of hydrogen-bond donors (Lipinski definition) is 0. The third-order valence-corrected chi connectivity index (χ3v) is 4.25. The fourth-order valence-corrected chi connectivity index (χ4v) is 2.78. The lowest BCUT2D eigenvalue weighted by molar-refractivity contribution is 0.0938. The molecule has 0 radical (unpaired) electrons. The van der Waals surface area contributed by atoms with Crippen LogP contribution in [-0.2, 0) is 25.4 Å². The van der Waals surface area contributed by atoms with Gasteiger partial charge in [0.2, 0.25) is 0 Å². The van der Waals surface area contributed by atoms with E-state index in [4.69, 9.17) is 14.2 Å². The van der Waals surface area contributed by atoms with Crippen LogP contribution in [0.15, 0.2) is 40.2 Å². The van der Waals surface area contributed by atoms with Crippen molar-refractivity contribution in [3.63, 3.8) is 0 Å². The molecule has 0 aliphatic heterocycles. The van der Waals surface area contributed by atoms with Crippen molar-refractivity contribution in [3.05, 3.63) is 51.4 Å². The van der Waals surface area contributed by atoms with E-state index in [1.165, 1.54) is 11.6 Å². The number of hydrogen-bond acceptors (Lipinski definition) is 6. The number of benzene rings is 1. The molecule has 0 N–H and O–H groups in total. The number of imidazole rings is 1. The lowest BCUT2D eigenvalue weighted by atomic mass is 10.3. The summed E-state index contributed by atoms with van der Waals surface area (Å²) in [6.07, 6.45) is 1.54. The maximum atomic E-state index is 12.4. The summed E-state index contributed by atoms with van der Waals surface area (Å²) >= 11 is 0. The van der Waals surface area contributed by atoms with E-state index in [9.17, 15) is 9.59 Å². The molecule has 3 aromatic rings. The Kier molecular flexibility index (Phi) is 5.60. The van der Waals surface area contributed by atoms with Gasteiger partial charge in [0.15, 0.2) is 22.7 Å². The van der Waals surface area contributed by atoms with E-state index in [0.29, 0.717) is 49.0 Å². The Morgan fingerprint density at radius 1 is 1.00 bits per heavy atom. The molecule has 0 bridgehead atoms. The third kappa shape index (κ3) is 3.72. The highest BCUT2D eigenvalue weighted by atomic mass is 16.5. The molecule has 0 aliphatic rings. The summed E-state index contributed by atoms with van der Waals surface area (Å²) in [5.41, 5.74) is -0.0244. The van der Waals surface area contributed by atoms with Crippen LogP contribution in [-0.4, -0.2) is 45.6 Å². The molecule has 0 amide bonds. The molecule has 0 atom stereocenters.